The number of benzene rings is 1. The number of carbonyl (C=O) groups excluding carboxylic acids is 1. The van der Waals surface area contributed by atoms with Crippen LogP contribution in [0, 0.1) is 0 Å². The highest BCUT2D eigenvalue weighted by Crippen LogP contribution is 2.22. The number of aryl methyl sites for hydroxylation is 1. The second kappa shape index (κ2) is 6.17. The van der Waals surface area contributed by atoms with Crippen molar-refractivity contribution in [2.24, 2.45) is 5.10 Å². The molecule has 2 N–H and O–H groups in total. The fraction of sp³-hybridized carbons (Fsp3) is 0.188. The third-order valence-corrected chi connectivity index (χ3v) is 3.44. The third kappa shape index (κ3) is 3.08. The number of nitrogens with zero attached hydrogens (tertiary/aromatic N) is 2. The Morgan fingerprint density at radius 2 is 2.14 bits per heavy atom. The van der Waals surface area contributed by atoms with E-state index in [1.807, 2.05) is 36.4 Å². The van der Waals surface area contributed by atoms with Gasteiger partial charge in [0.15, 0.2) is 5.69 Å². The summed E-state index contributed by atoms with van der Waals surface area (Å²) in [5.41, 5.74) is 6.15. The maximum absolute atomic E-state index is 12.0. The summed E-state index contributed by atoms with van der Waals surface area (Å²) in [6, 6.07) is 9.90. The Balaban J connectivity index is 1.56. The highest BCUT2D eigenvalue weighted by molar-refractivity contribution is 5.94. The van der Waals surface area contributed by atoms with Crippen LogP contribution in [0.1, 0.15) is 33.7 Å². The number of fused-ring (bicyclic) bond motifs is 1. The van der Waals surface area contributed by atoms with E-state index in [0.29, 0.717) is 5.69 Å². The molecular weight excluding hydrogens is 264 g/mol. The summed E-state index contributed by atoms with van der Waals surface area (Å²) < 4.78 is 0. The molecular formula is C16H16N4O. The van der Waals surface area contributed by atoms with Crippen LogP contribution in [0.15, 0.2) is 41.5 Å². The molecule has 1 aromatic carbocycles. The number of aromatic nitrogens is 2. The molecule has 5 nitrogen and oxygen atoms in total. The molecule has 106 valence electrons. The average molecular weight is 280 g/mol. The SMILES string of the molecule is O=C(NN=C/C=C/c1ccccc1)c1n[nH]c2c1CCC2. The first-order valence-electron chi connectivity index (χ1n) is 6.96. The summed E-state index contributed by atoms with van der Waals surface area (Å²) in [6.07, 6.45) is 8.21. The summed E-state index contributed by atoms with van der Waals surface area (Å²) in [4.78, 5) is 12.0. The van der Waals surface area contributed by atoms with E-state index in [9.17, 15) is 4.79 Å². The van der Waals surface area contributed by atoms with Gasteiger partial charge in [0.25, 0.3) is 5.91 Å². The number of carbonyl (C=O) groups is 1. The van der Waals surface area contributed by atoms with E-state index >= 15 is 0 Å². The van der Waals surface area contributed by atoms with Crippen molar-refractivity contribution in [3.63, 3.8) is 0 Å². The summed E-state index contributed by atoms with van der Waals surface area (Å²) in [5.74, 6) is -0.265. The molecule has 0 radical (unpaired) electrons. The minimum absolute atomic E-state index is 0.265. The van der Waals surface area contributed by atoms with Gasteiger partial charge in [-0.3, -0.25) is 9.89 Å². The van der Waals surface area contributed by atoms with Crippen LogP contribution in [0.4, 0.5) is 0 Å². The lowest BCUT2D eigenvalue weighted by Gasteiger charge is -1.97. The lowest BCUT2D eigenvalue weighted by Crippen LogP contribution is -2.19. The van der Waals surface area contributed by atoms with Gasteiger partial charge in [0.2, 0.25) is 0 Å². The van der Waals surface area contributed by atoms with Gasteiger partial charge in [0.05, 0.1) is 0 Å². The van der Waals surface area contributed by atoms with E-state index in [-0.39, 0.29) is 5.91 Å². The second-order valence-corrected chi connectivity index (χ2v) is 4.87. The van der Waals surface area contributed by atoms with Gasteiger partial charge in [-0.25, -0.2) is 5.43 Å². The zero-order valence-electron chi connectivity index (χ0n) is 11.5. The molecule has 21 heavy (non-hydrogen) atoms. The minimum Gasteiger partial charge on any atom is -0.281 e. The molecule has 5 heteroatoms. The number of aromatic amines is 1. The van der Waals surface area contributed by atoms with Crippen molar-refractivity contribution >= 4 is 18.2 Å². The monoisotopic (exact) mass is 280 g/mol. The summed E-state index contributed by atoms with van der Waals surface area (Å²) in [5, 5.41) is 10.9. The standard InChI is InChI=1S/C16H16N4O/c21-16(15-13-9-4-10-14(13)18-19-15)20-17-11-5-8-12-6-2-1-3-7-12/h1-3,5-8,11H,4,9-10H2,(H,18,19)(H,20,21)/b8-5+,17-11?. The van der Waals surface area contributed by atoms with Gasteiger partial charge in [0, 0.05) is 17.5 Å². The molecule has 0 atom stereocenters. The quantitative estimate of drug-likeness (QED) is 0.666. The van der Waals surface area contributed by atoms with Crippen LogP contribution in [0.3, 0.4) is 0 Å². The average Bonchev–Trinajstić information content (AvgIpc) is 3.10. The van der Waals surface area contributed by atoms with Gasteiger partial charge in [0.1, 0.15) is 0 Å². The molecule has 0 saturated heterocycles. The molecule has 2 aromatic rings. The topological polar surface area (TPSA) is 70.1 Å². The van der Waals surface area contributed by atoms with Crippen LogP contribution in [0.2, 0.25) is 0 Å². The molecule has 0 bridgehead atoms. The first kappa shape index (κ1) is 13.3. The number of rotatable bonds is 4. The van der Waals surface area contributed by atoms with Gasteiger partial charge in [-0.15, -0.1) is 0 Å². The second-order valence-electron chi connectivity index (χ2n) is 4.87. The number of hydrogen-bond acceptors (Lipinski definition) is 3. The van der Waals surface area contributed by atoms with Gasteiger partial charge in [-0.1, -0.05) is 36.4 Å². The van der Waals surface area contributed by atoms with E-state index in [1.54, 1.807) is 12.3 Å². The molecule has 0 spiro atoms. The number of hydrogen-bond donors (Lipinski definition) is 2. The number of hydrazone groups is 1. The lowest BCUT2D eigenvalue weighted by molar-refractivity contribution is 0.0949. The molecule has 1 amide bonds. The molecule has 0 aliphatic heterocycles. The van der Waals surface area contributed by atoms with Crippen molar-refractivity contribution in [2.75, 3.05) is 0 Å². The van der Waals surface area contributed by atoms with Crippen molar-refractivity contribution < 1.29 is 4.79 Å². The van der Waals surface area contributed by atoms with Crippen molar-refractivity contribution in [1.29, 1.82) is 0 Å². The number of H-pyrrole nitrogens is 1. The Bertz CT molecular complexity index is 686. The van der Waals surface area contributed by atoms with E-state index in [2.05, 4.69) is 20.7 Å². The number of nitrogens with one attached hydrogen (secondary N) is 2. The lowest BCUT2D eigenvalue weighted by atomic mass is 10.2. The Labute approximate surface area is 122 Å². The summed E-state index contributed by atoms with van der Waals surface area (Å²) >= 11 is 0. The van der Waals surface area contributed by atoms with Gasteiger partial charge in [-0.2, -0.15) is 10.2 Å². The van der Waals surface area contributed by atoms with Crippen LogP contribution < -0.4 is 5.43 Å². The minimum atomic E-state index is -0.265. The number of amides is 1. The highest BCUT2D eigenvalue weighted by atomic mass is 16.2. The van der Waals surface area contributed by atoms with Crippen LogP contribution in [0.5, 0.6) is 0 Å². The Morgan fingerprint density at radius 1 is 1.29 bits per heavy atom. The smallest absolute Gasteiger partial charge is 0.281 e. The Hall–Kier alpha value is -2.69. The zero-order chi connectivity index (χ0) is 14.5. The van der Waals surface area contributed by atoms with Crippen molar-refractivity contribution in [3.8, 4) is 0 Å². The largest absolute Gasteiger partial charge is 0.292 e. The van der Waals surface area contributed by atoms with Crippen molar-refractivity contribution in [3.05, 3.63) is 58.9 Å². The first-order chi connectivity index (χ1) is 10.3. The maximum atomic E-state index is 12.0. The van der Waals surface area contributed by atoms with E-state index < -0.39 is 0 Å². The van der Waals surface area contributed by atoms with Gasteiger partial charge < -0.3 is 0 Å². The first-order valence-corrected chi connectivity index (χ1v) is 6.96. The van der Waals surface area contributed by atoms with E-state index in [4.69, 9.17) is 0 Å². The fourth-order valence-electron chi connectivity index (χ4n) is 2.42. The van der Waals surface area contributed by atoms with Gasteiger partial charge >= 0.3 is 0 Å². The third-order valence-electron chi connectivity index (χ3n) is 3.44. The molecule has 1 aliphatic rings. The molecule has 3 rings (SSSR count). The van der Waals surface area contributed by atoms with Crippen molar-refractivity contribution in [1.82, 2.24) is 15.6 Å². The normalized spacial score (nSPS) is 13.9. The summed E-state index contributed by atoms with van der Waals surface area (Å²) in [6.45, 7) is 0. The zero-order valence-corrected chi connectivity index (χ0v) is 11.5. The van der Waals surface area contributed by atoms with Crippen LogP contribution in [0.25, 0.3) is 6.08 Å². The molecule has 0 saturated carbocycles. The highest BCUT2D eigenvalue weighted by Gasteiger charge is 2.22. The van der Waals surface area contributed by atoms with Crippen LogP contribution >= 0.6 is 0 Å². The van der Waals surface area contributed by atoms with Gasteiger partial charge in [-0.05, 0) is 30.9 Å². The maximum Gasteiger partial charge on any atom is 0.292 e. The Kier molecular flexibility index (Phi) is 3.91. The molecule has 0 unspecified atom stereocenters. The van der Waals surface area contributed by atoms with Crippen LogP contribution in [-0.2, 0) is 12.8 Å². The fourth-order valence-corrected chi connectivity index (χ4v) is 2.42. The predicted octanol–water partition coefficient (Wildman–Crippen LogP) is 2.33. The summed E-state index contributed by atoms with van der Waals surface area (Å²) in [7, 11) is 0. The number of allylic oxidation sites excluding steroid dienone is 1. The molecule has 1 aliphatic carbocycles. The predicted molar refractivity (Wildman–Crippen MR) is 82.0 cm³/mol. The Morgan fingerprint density at radius 3 is 3.00 bits per heavy atom. The van der Waals surface area contributed by atoms with E-state index in [1.165, 1.54) is 0 Å². The molecule has 1 aromatic heterocycles. The van der Waals surface area contributed by atoms with Crippen LogP contribution in [-0.4, -0.2) is 22.3 Å². The van der Waals surface area contributed by atoms with E-state index in [0.717, 1.165) is 36.1 Å². The molecule has 1 heterocycles. The molecule has 0 fully saturated rings. The van der Waals surface area contributed by atoms with Crippen molar-refractivity contribution in [2.45, 2.75) is 19.3 Å².